The fourth-order valence-electron chi connectivity index (χ4n) is 8.20. The SMILES string of the molecule is C=CCCCOC(=O)[C@H]1[C@H]2C(=O)N([C@H](CO)c3ccccc3)C(C(=O)N(CC=C)c3ccc(N(CC)CC)cc3)C23CC(C)[C@]1(C)O3. The van der Waals surface area contributed by atoms with Crippen LogP contribution in [0.3, 0.4) is 0 Å². The number of anilines is 2. The lowest BCUT2D eigenvalue weighted by atomic mass is 9.62. The van der Waals surface area contributed by atoms with Crippen LogP contribution in [0.5, 0.6) is 0 Å². The van der Waals surface area contributed by atoms with E-state index in [-0.39, 0.29) is 30.9 Å². The van der Waals surface area contributed by atoms with Gasteiger partial charge in [-0.2, -0.15) is 0 Å². The highest BCUT2D eigenvalue weighted by atomic mass is 16.6. The van der Waals surface area contributed by atoms with E-state index in [2.05, 4.69) is 31.9 Å². The highest BCUT2D eigenvalue weighted by Crippen LogP contribution is 2.66. The molecule has 0 saturated carbocycles. The van der Waals surface area contributed by atoms with Gasteiger partial charge in [0.15, 0.2) is 0 Å². The average molecular weight is 644 g/mol. The molecule has 252 valence electrons. The number of carbonyl (C=O) groups is 3. The highest BCUT2D eigenvalue weighted by molar-refractivity contribution is 6.05. The largest absolute Gasteiger partial charge is 0.465 e. The van der Waals surface area contributed by atoms with Crippen LogP contribution in [0, 0.1) is 17.8 Å². The zero-order chi connectivity index (χ0) is 33.9. The Labute approximate surface area is 278 Å². The Morgan fingerprint density at radius 3 is 2.34 bits per heavy atom. The number of benzene rings is 2. The Balaban J connectivity index is 1.61. The van der Waals surface area contributed by atoms with Gasteiger partial charge in [0.1, 0.15) is 17.6 Å². The maximum absolute atomic E-state index is 15.1. The molecule has 3 saturated heterocycles. The molecule has 9 heteroatoms. The maximum Gasteiger partial charge on any atom is 0.312 e. The van der Waals surface area contributed by atoms with Crippen molar-refractivity contribution in [3.05, 3.63) is 85.5 Å². The zero-order valence-electron chi connectivity index (χ0n) is 28.1. The van der Waals surface area contributed by atoms with E-state index in [1.165, 1.54) is 4.90 Å². The van der Waals surface area contributed by atoms with Gasteiger partial charge in [0.25, 0.3) is 5.91 Å². The second-order valence-electron chi connectivity index (χ2n) is 13.1. The van der Waals surface area contributed by atoms with Crippen LogP contribution in [-0.4, -0.2) is 77.9 Å². The van der Waals surface area contributed by atoms with Gasteiger partial charge in [0.2, 0.25) is 5.91 Å². The average Bonchev–Trinajstić information content (AvgIpc) is 3.60. The third-order valence-corrected chi connectivity index (χ3v) is 10.6. The van der Waals surface area contributed by atoms with Gasteiger partial charge in [0.05, 0.1) is 30.8 Å². The number of aliphatic hydroxyl groups excluding tert-OH is 1. The van der Waals surface area contributed by atoms with Gasteiger partial charge in [-0.25, -0.2) is 0 Å². The van der Waals surface area contributed by atoms with Gasteiger partial charge in [-0.1, -0.05) is 49.4 Å². The van der Waals surface area contributed by atoms with Crippen LogP contribution in [0.1, 0.15) is 58.6 Å². The van der Waals surface area contributed by atoms with Crippen LogP contribution in [-0.2, 0) is 23.9 Å². The van der Waals surface area contributed by atoms with E-state index in [1.807, 2.05) is 68.4 Å². The van der Waals surface area contributed by atoms with Crippen LogP contribution in [0.4, 0.5) is 11.4 Å². The number of allylic oxidation sites excluding steroid dienone is 1. The second kappa shape index (κ2) is 14.0. The molecule has 5 rings (SSSR count). The topological polar surface area (TPSA) is 99.6 Å². The summed E-state index contributed by atoms with van der Waals surface area (Å²) < 4.78 is 12.7. The number of hydrogen-bond acceptors (Lipinski definition) is 7. The molecule has 47 heavy (non-hydrogen) atoms. The molecule has 3 fully saturated rings. The summed E-state index contributed by atoms with van der Waals surface area (Å²) in [5.41, 5.74) is 0.0865. The summed E-state index contributed by atoms with van der Waals surface area (Å²) in [6.07, 6.45) is 5.15. The predicted octanol–water partition coefficient (Wildman–Crippen LogP) is 5.31. The van der Waals surface area contributed by atoms with E-state index in [1.54, 1.807) is 17.1 Å². The summed E-state index contributed by atoms with van der Waals surface area (Å²) in [6, 6.07) is 15.1. The summed E-state index contributed by atoms with van der Waals surface area (Å²) in [5, 5.41) is 10.8. The number of unbranched alkanes of at least 4 members (excludes halogenated alkanes) is 1. The standard InChI is InChI=1S/C38H49N3O6/c1-7-11-15-23-46-36(45)32-31-34(43)41(30(25-42)27-16-13-12-14-17-27)33(38(31)24-26(5)37(32,6)47-38)35(44)40(22-8-2)29-20-18-28(19-21-29)39(9-3)10-4/h7-8,12-14,16-21,26,30-33,42H,1-2,9-11,15,22-25H2,3-6H3/t26?,30-,31+,32-,33?,37+,38?/m1/s1. The molecular formula is C38H49N3O6. The van der Waals surface area contributed by atoms with E-state index in [0.29, 0.717) is 30.5 Å². The van der Waals surface area contributed by atoms with Crippen molar-refractivity contribution < 1.29 is 29.0 Å². The second-order valence-corrected chi connectivity index (χ2v) is 13.1. The van der Waals surface area contributed by atoms with Crippen molar-refractivity contribution in [3.63, 3.8) is 0 Å². The molecule has 1 N–H and O–H groups in total. The van der Waals surface area contributed by atoms with Gasteiger partial charge < -0.3 is 29.3 Å². The van der Waals surface area contributed by atoms with Crippen LogP contribution in [0.25, 0.3) is 0 Å². The molecule has 2 aromatic rings. The Morgan fingerprint density at radius 1 is 1.09 bits per heavy atom. The molecule has 2 bridgehead atoms. The van der Waals surface area contributed by atoms with E-state index in [4.69, 9.17) is 9.47 Å². The Kier molecular flexibility index (Phi) is 10.3. The number of aliphatic hydroxyl groups is 1. The first kappa shape index (κ1) is 34.4. The number of carbonyl (C=O) groups excluding carboxylic acids is 3. The molecule has 0 radical (unpaired) electrons. The quantitative estimate of drug-likeness (QED) is 0.160. The van der Waals surface area contributed by atoms with E-state index in [9.17, 15) is 14.7 Å². The first-order chi connectivity index (χ1) is 22.6. The minimum Gasteiger partial charge on any atom is -0.465 e. The molecule has 2 aromatic carbocycles. The fourth-order valence-corrected chi connectivity index (χ4v) is 8.20. The first-order valence-corrected chi connectivity index (χ1v) is 16.9. The molecule has 2 amide bonds. The molecule has 3 unspecified atom stereocenters. The molecule has 9 nitrogen and oxygen atoms in total. The number of rotatable bonds is 15. The number of esters is 1. The number of nitrogens with zero attached hydrogens (tertiary/aromatic N) is 3. The Bertz CT molecular complexity index is 1460. The van der Waals surface area contributed by atoms with Crippen molar-refractivity contribution in [2.24, 2.45) is 17.8 Å². The summed E-state index contributed by atoms with van der Waals surface area (Å²) in [7, 11) is 0. The normalized spacial score (nSPS) is 28.1. The minimum absolute atomic E-state index is 0.141. The molecule has 3 aliphatic heterocycles. The Morgan fingerprint density at radius 2 is 1.74 bits per heavy atom. The van der Waals surface area contributed by atoms with Crippen molar-refractivity contribution in [2.45, 2.75) is 70.2 Å². The van der Waals surface area contributed by atoms with Gasteiger partial charge in [-0.15, -0.1) is 13.2 Å². The molecular weight excluding hydrogens is 594 g/mol. The van der Waals surface area contributed by atoms with Gasteiger partial charge in [0, 0.05) is 31.0 Å². The molecule has 0 aromatic heterocycles. The number of likely N-dealkylation sites (tertiary alicyclic amines) is 1. The fraction of sp³-hybridized carbons (Fsp3) is 0.500. The highest BCUT2D eigenvalue weighted by Gasteiger charge is 2.81. The van der Waals surface area contributed by atoms with Crippen LogP contribution < -0.4 is 9.80 Å². The van der Waals surface area contributed by atoms with Gasteiger partial charge in [-0.3, -0.25) is 14.4 Å². The number of ether oxygens (including phenoxy) is 2. The van der Waals surface area contributed by atoms with Gasteiger partial charge in [-0.05, 0) is 75.8 Å². The van der Waals surface area contributed by atoms with Crippen molar-refractivity contribution >= 4 is 29.2 Å². The monoisotopic (exact) mass is 643 g/mol. The molecule has 3 aliphatic rings. The molecule has 0 aliphatic carbocycles. The zero-order valence-corrected chi connectivity index (χ0v) is 28.1. The van der Waals surface area contributed by atoms with Crippen LogP contribution in [0.15, 0.2) is 79.9 Å². The minimum atomic E-state index is -1.30. The summed E-state index contributed by atoms with van der Waals surface area (Å²) in [4.78, 5) is 49.1. The lowest BCUT2D eigenvalue weighted by Gasteiger charge is -2.39. The maximum atomic E-state index is 15.1. The Hall–Kier alpha value is -3.95. The molecule has 7 atom stereocenters. The van der Waals surface area contributed by atoms with E-state index in [0.717, 1.165) is 18.8 Å². The molecule has 3 heterocycles. The van der Waals surface area contributed by atoms with Crippen molar-refractivity contribution in [1.82, 2.24) is 4.90 Å². The number of amides is 2. The van der Waals surface area contributed by atoms with Crippen LogP contribution in [0.2, 0.25) is 0 Å². The van der Waals surface area contributed by atoms with Crippen molar-refractivity contribution in [1.29, 1.82) is 0 Å². The number of fused-ring (bicyclic) bond motifs is 1. The van der Waals surface area contributed by atoms with Crippen molar-refractivity contribution in [3.8, 4) is 0 Å². The summed E-state index contributed by atoms with van der Waals surface area (Å²) >= 11 is 0. The van der Waals surface area contributed by atoms with Gasteiger partial charge >= 0.3 is 5.97 Å². The summed E-state index contributed by atoms with van der Waals surface area (Å²) in [5.74, 6) is -3.21. The smallest absolute Gasteiger partial charge is 0.312 e. The lowest BCUT2D eigenvalue weighted by Crippen LogP contribution is -2.57. The third-order valence-electron chi connectivity index (χ3n) is 10.6. The van der Waals surface area contributed by atoms with E-state index < -0.39 is 47.7 Å². The third kappa shape index (κ3) is 5.78. The first-order valence-electron chi connectivity index (χ1n) is 16.9. The van der Waals surface area contributed by atoms with Crippen LogP contribution >= 0.6 is 0 Å². The lowest BCUT2D eigenvalue weighted by molar-refractivity contribution is -0.162. The number of hydrogen-bond donors (Lipinski definition) is 1. The van der Waals surface area contributed by atoms with E-state index >= 15 is 4.79 Å². The van der Waals surface area contributed by atoms with Crippen molar-refractivity contribution in [2.75, 3.05) is 42.6 Å². The predicted molar refractivity (Wildman–Crippen MR) is 183 cm³/mol. The summed E-state index contributed by atoms with van der Waals surface area (Å²) in [6.45, 7) is 17.4. The molecule has 1 spiro atoms.